The largest absolute Gasteiger partial charge is 0.375 e. The maximum absolute atomic E-state index is 10.6. The molecule has 0 aromatic heterocycles. The minimum Gasteiger partial charge on any atom is -0.375 e. The van der Waals surface area contributed by atoms with Crippen LogP contribution in [0.5, 0.6) is 0 Å². The third-order valence-corrected chi connectivity index (χ3v) is 3.32. The molecule has 0 aliphatic carbocycles. The summed E-state index contributed by atoms with van der Waals surface area (Å²) in [5, 5.41) is 0. The molecule has 2 nitrogen and oxygen atoms in total. The number of carbonyl (C=O) groups is 1. The molecular weight excluding hydrogens is 222 g/mol. The van der Waals surface area contributed by atoms with E-state index in [0.717, 1.165) is 18.4 Å². The number of rotatable bonds is 9. The quantitative estimate of drug-likeness (QED) is 0.479. The van der Waals surface area contributed by atoms with E-state index in [1.807, 2.05) is 24.3 Å². The lowest BCUT2D eigenvalue weighted by Gasteiger charge is -2.19. The minimum atomic E-state index is 0.742. The summed E-state index contributed by atoms with van der Waals surface area (Å²) in [5.41, 5.74) is 1.93. The first-order valence-electron chi connectivity index (χ1n) is 7.04. The first kappa shape index (κ1) is 14.7. The van der Waals surface area contributed by atoms with Crippen molar-refractivity contribution in [3.05, 3.63) is 29.8 Å². The molecule has 0 N–H and O–H groups in total. The van der Waals surface area contributed by atoms with Gasteiger partial charge in [-0.25, -0.2) is 0 Å². The van der Waals surface area contributed by atoms with Crippen molar-refractivity contribution >= 4 is 12.0 Å². The van der Waals surface area contributed by atoms with Gasteiger partial charge in [-0.1, -0.05) is 39.0 Å². The van der Waals surface area contributed by atoms with Crippen molar-refractivity contribution in [2.24, 2.45) is 0 Å². The summed E-state index contributed by atoms with van der Waals surface area (Å²) < 4.78 is 0. The highest BCUT2D eigenvalue weighted by atomic mass is 16.1. The van der Waals surface area contributed by atoms with Gasteiger partial charge < -0.3 is 4.90 Å². The Kier molecular flexibility index (Phi) is 7.16. The average molecular weight is 247 g/mol. The molecule has 0 atom stereocenters. The first-order valence-corrected chi connectivity index (χ1v) is 7.04. The van der Waals surface area contributed by atoms with E-state index in [2.05, 4.69) is 18.9 Å². The Labute approximate surface area is 111 Å². The molecule has 18 heavy (non-hydrogen) atoms. The normalized spacial score (nSPS) is 10.3. The van der Waals surface area contributed by atoms with Crippen molar-refractivity contribution in [2.75, 3.05) is 18.5 Å². The lowest BCUT2D eigenvalue weighted by atomic mass is 10.1. The number of aldehydes is 1. The van der Waals surface area contributed by atoms with Crippen LogP contribution in [0.4, 0.5) is 5.69 Å². The van der Waals surface area contributed by atoms with Crippen molar-refractivity contribution < 1.29 is 4.79 Å². The van der Waals surface area contributed by atoms with E-state index in [1.54, 1.807) is 0 Å². The van der Waals surface area contributed by atoms with Crippen LogP contribution in [0.15, 0.2) is 24.3 Å². The number of benzene rings is 1. The van der Waals surface area contributed by atoms with Crippen LogP contribution in [0.3, 0.4) is 0 Å². The molecule has 0 amide bonds. The maximum Gasteiger partial charge on any atom is 0.150 e. The van der Waals surface area contributed by atoms with E-state index in [-0.39, 0.29) is 0 Å². The first-order chi connectivity index (χ1) is 8.77. The fourth-order valence-corrected chi connectivity index (χ4v) is 2.07. The van der Waals surface area contributed by atoms with E-state index >= 15 is 0 Å². The van der Waals surface area contributed by atoms with Gasteiger partial charge in [-0.15, -0.1) is 0 Å². The summed E-state index contributed by atoms with van der Waals surface area (Å²) >= 11 is 0. The Morgan fingerprint density at radius 1 is 1.00 bits per heavy atom. The summed E-state index contributed by atoms with van der Waals surface area (Å²) in [6.07, 6.45) is 8.84. The highest BCUT2D eigenvalue weighted by Crippen LogP contribution is 2.14. The van der Waals surface area contributed by atoms with Crippen molar-refractivity contribution in [3.63, 3.8) is 0 Å². The fraction of sp³-hybridized carbons (Fsp3) is 0.562. The molecule has 0 fully saturated rings. The fourth-order valence-electron chi connectivity index (χ4n) is 2.07. The van der Waals surface area contributed by atoms with Crippen LogP contribution in [0.1, 0.15) is 55.8 Å². The molecule has 0 radical (unpaired) electrons. The lowest BCUT2D eigenvalue weighted by molar-refractivity contribution is 0.112. The summed E-state index contributed by atoms with van der Waals surface area (Å²) in [6.45, 7) is 3.34. The molecule has 100 valence electrons. The van der Waals surface area contributed by atoms with Gasteiger partial charge in [-0.3, -0.25) is 4.79 Å². The second kappa shape index (κ2) is 8.73. The van der Waals surface area contributed by atoms with Crippen LogP contribution in [-0.4, -0.2) is 19.9 Å². The minimum absolute atomic E-state index is 0.742. The molecule has 0 bridgehead atoms. The molecule has 0 heterocycles. The van der Waals surface area contributed by atoms with Crippen LogP contribution < -0.4 is 4.90 Å². The van der Waals surface area contributed by atoms with Gasteiger partial charge in [0.1, 0.15) is 6.29 Å². The van der Waals surface area contributed by atoms with Gasteiger partial charge in [0.2, 0.25) is 0 Å². The number of hydrogen-bond donors (Lipinski definition) is 0. The van der Waals surface area contributed by atoms with E-state index < -0.39 is 0 Å². The standard InChI is InChI=1S/C16H25NO/c1-3-4-5-6-7-8-13-17(2)16-11-9-15(14-18)10-12-16/h9-12,14H,3-8,13H2,1-2H3. The van der Waals surface area contributed by atoms with Crippen molar-refractivity contribution in [1.29, 1.82) is 0 Å². The monoisotopic (exact) mass is 247 g/mol. The third kappa shape index (κ3) is 5.35. The van der Waals surface area contributed by atoms with Crippen LogP contribution in [0.25, 0.3) is 0 Å². The Morgan fingerprint density at radius 3 is 2.22 bits per heavy atom. The van der Waals surface area contributed by atoms with E-state index in [4.69, 9.17) is 0 Å². The molecule has 2 heteroatoms. The van der Waals surface area contributed by atoms with Gasteiger partial charge in [0, 0.05) is 24.8 Å². The topological polar surface area (TPSA) is 20.3 Å². The van der Waals surface area contributed by atoms with Crippen LogP contribution >= 0.6 is 0 Å². The van der Waals surface area contributed by atoms with Gasteiger partial charge in [-0.2, -0.15) is 0 Å². The Bertz CT molecular complexity index is 331. The summed E-state index contributed by atoms with van der Waals surface area (Å²) in [6, 6.07) is 7.78. The predicted molar refractivity (Wildman–Crippen MR) is 78.5 cm³/mol. The zero-order chi connectivity index (χ0) is 13.2. The van der Waals surface area contributed by atoms with Crippen molar-refractivity contribution in [1.82, 2.24) is 0 Å². The molecule has 1 aromatic rings. The molecule has 1 rings (SSSR count). The highest BCUT2D eigenvalue weighted by Gasteiger charge is 2.00. The second-order valence-electron chi connectivity index (χ2n) is 4.90. The molecule has 1 aromatic carbocycles. The van der Waals surface area contributed by atoms with E-state index in [9.17, 15) is 4.79 Å². The molecule has 0 aliphatic rings. The van der Waals surface area contributed by atoms with Crippen LogP contribution in [0.2, 0.25) is 0 Å². The van der Waals surface area contributed by atoms with Gasteiger partial charge in [-0.05, 0) is 30.7 Å². The van der Waals surface area contributed by atoms with E-state index in [1.165, 1.54) is 44.2 Å². The molecule has 0 aliphatic heterocycles. The summed E-state index contributed by atoms with van der Waals surface area (Å²) in [7, 11) is 2.11. The summed E-state index contributed by atoms with van der Waals surface area (Å²) in [4.78, 5) is 12.8. The van der Waals surface area contributed by atoms with Crippen molar-refractivity contribution in [2.45, 2.75) is 45.4 Å². The zero-order valence-electron chi connectivity index (χ0n) is 11.7. The molecule has 0 saturated carbocycles. The number of carbonyl (C=O) groups excluding carboxylic acids is 1. The number of unbranched alkanes of at least 4 members (excludes halogenated alkanes) is 5. The Hall–Kier alpha value is -1.31. The van der Waals surface area contributed by atoms with Gasteiger partial charge >= 0.3 is 0 Å². The third-order valence-electron chi connectivity index (χ3n) is 3.32. The number of nitrogens with zero attached hydrogens (tertiary/aromatic N) is 1. The van der Waals surface area contributed by atoms with Crippen molar-refractivity contribution in [3.8, 4) is 0 Å². The van der Waals surface area contributed by atoms with Gasteiger partial charge in [0.25, 0.3) is 0 Å². The Morgan fingerprint density at radius 2 is 1.61 bits per heavy atom. The number of hydrogen-bond acceptors (Lipinski definition) is 2. The number of anilines is 1. The Balaban J connectivity index is 2.23. The predicted octanol–water partition coefficient (Wildman–Crippen LogP) is 4.30. The molecule has 0 spiro atoms. The zero-order valence-corrected chi connectivity index (χ0v) is 11.7. The lowest BCUT2D eigenvalue weighted by Crippen LogP contribution is -2.18. The molecular formula is C16H25NO. The highest BCUT2D eigenvalue weighted by molar-refractivity contribution is 5.75. The molecule has 0 saturated heterocycles. The summed E-state index contributed by atoms with van der Waals surface area (Å²) in [5.74, 6) is 0. The maximum atomic E-state index is 10.6. The smallest absolute Gasteiger partial charge is 0.150 e. The second-order valence-corrected chi connectivity index (χ2v) is 4.90. The van der Waals surface area contributed by atoms with Gasteiger partial charge in [0.15, 0.2) is 0 Å². The van der Waals surface area contributed by atoms with Crippen LogP contribution in [-0.2, 0) is 0 Å². The average Bonchev–Trinajstić information content (AvgIpc) is 2.42. The molecule has 0 unspecified atom stereocenters. The van der Waals surface area contributed by atoms with E-state index in [0.29, 0.717) is 0 Å². The van der Waals surface area contributed by atoms with Crippen LogP contribution in [0, 0.1) is 0 Å². The van der Waals surface area contributed by atoms with Gasteiger partial charge in [0.05, 0.1) is 0 Å². The SMILES string of the molecule is CCCCCCCCN(C)c1ccc(C=O)cc1.